The summed E-state index contributed by atoms with van der Waals surface area (Å²) in [6.45, 7) is 4.33. The van der Waals surface area contributed by atoms with Gasteiger partial charge >= 0.3 is 11.7 Å². The summed E-state index contributed by atoms with van der Waals surface area (Å²) >= 11 is 0. The first-order valence-corrected chi connectivity index (χ1v) is 13.1. The SMILES string of the molecule is C1COCO1.CCCCCCCCCCCCCCCCCC(=O)OC.Nc1ccnc(=O)[nH]1. The molecule has 1 saturated heterocycles. The van der Waals surface area contributed by atoms with Crippen molar-refractivity contribution in [3.63, 3.8) is 0 Å². The number of aromatic amines is 1. The highest BCUT2D eigenvalue weighted by molar-refractivity contribution is 5.68. The van der Waals surface area contributed by atoms with Gasteiger partial charge in [-0.25, -0.2) is 9.78 Å². The molecule has 0 unspecified atom stereocenters. The van der Waals surface area contributed by atoms with Crippen LogP contribution in [0.15, 0.2) is 17.1 Å². The highest BCUT2D eigenvalue weighted by Crippen LogP contribution is 2.13. The van der Waals surface area contributed by atoms with E-state index < -0.39 is 5.69 Å². The summed E-state index contributed by atoms with van der Waals surface area (Å²) in [4.78, 5) is 26.8. The second-order valence-corrected chi connectivity index (χ2v) is 8.54. The number of rotatable bonds is 16. The molecule has 198 valence electrons. The Bertz CT molecular complexity index is 613. The Morgan fingerprint density at radius 1 is 0.912 bits per heavy atom. The number of aromatic nitrogens is 2. The van der Waals surface area contributed by atoms with Crippen LogP contribution in [0.2, 0.25) is 0 Å². The molecule has 2 heterocycles. The van der Waals surface area contributed by atoms with Crippen LogP contribution in [0.4, 0.5) is 5.82 Å². The predicted octanol–water partition coefficient (Wildman–Crippen LogP) is 5.76. The van der Waals surface area contributed by atoms with Gasteiger partial charge in [-0.3, -0.25) is 9.78 Å². The summed E-state index contributed by atoms with van der Waals surface area (Å²) < 4.78 is 14.1. The van der Waals surface area contributed by atoms with Crippen molar-refractivity contribution in [3.8, 4) is 0 Å². The van der Waals surface area contributed by atoms with Gasteiger partial charge in [0.25, 0.3) is 0 Å². The molecule has 0 atom stereocenters. The number of carbonyl (C=O) groups excluding carboxylic acids is 1. The number of nitrogens with zero attached hydrogens (tertiary/aromatic N) is 1. The van der Waals surface area contributed by atoms with Gasteiger partial charge in [-0.15, -0.1) is 0 Å². The average molecular weight is 484 g/mol. The van der Waals surface area contributed by atoms with Crippen molar-refractivity contribution < 1.29 is 19.0 Å². The summed E-state index contributed by atoms with van der Waals surface area (Å²) in [5, 5.41) is 0. The quantitative estimate of drug-likeness (QED) is 0.227. The van der Waals surface area contributed by atoms with Gasteiger partial charge in [0.2, 0.25) is 0 Å². The average Bonchev–Trinajstić information content (AvgIpc) is 3.42. The van der Waals surface area contributed by atoms with Crippen LogP contribution in [-0.2, 0) is 19.0 Å². The van der Waals surface area contributed by atoms with Gasteiger partial charge in [0, 0.05) is 12.6 Å². The fourth-order valence-corrected chi connectivity index (χ4v) is 3.42. The third-order valence-electron chi connectivity index (χ3n) is 5.45. The van der Waals surface area contributed by atoms with Gasteiger partial charge in [-0.1, -0.05) is 96.8 Å². The minimum atomic E-state index is -0.412. The van der Waals surface area contributed by atoms with E-state index in [4.69, 9.17) is 15.2 Å². The van der Waals surface area contributed by atoms with Crippen LogP contribution in [0.3, 0.4) is 0 Å². The zero-order chi connectivity index (χ0) is 25.1. The molecule has 1 aromatic heterocycles. The van der Waals surface area contributed by atoms with Crippen LogP contribution in [-0.4, -0.2) is 43.1 Å². The molecule has 1 aromatic rings. The molecule has 8 heteroatoms. The lowest BCUT2D eigenvalue weighted by Gasteiger charge is -2.03. The van der Waals surface area contributed by atoms with E-state index in [2.05, 4.69) is 21.6 Å². The zero-order valence-electron chi connectivity index (χ0n) is 21.7. The van der Waals surface area contributed by atoms with Gasteiger partial charge < -0.3 is 19.9 Å². The molecule has 1 aliphatic rings. The van der Waals surface area contributed by atoms with E-state index in [-0.39, 0.29) is 5.97 Å². The third-order valence-corrected chi connectivity index (χ3v) is 5.45. The second-order valence-electron chi connectivity index (χ2n) is 8.54. The highest BCUT2D eigenvalue weighted by Gasteiger charge is 1.99. The molecular weight excluding hydrogens is 434 g/mol. The van der Waals surface area contributed by atoms with Crippen LogP contribution in [0.5, 0.6) is 0 Å². The van der Waals surface area contributed by atoms with Crippen LogP contribution in [0, 0.1) is 0 Å². The Labute approximate surface area is 206 Å². The minimum absolute atomic E-state index is 0.0651. The van der Waals surface area contributed by atoms with Gasteiger partial charge in [-0.05, 0) is 12.5 Å². The maximum Gasteiger partial charge on any atom is 0.346 e. The summed E-state index contributed by atoms with van der Waals surface area (Å²) in [6, 6.07) is 1.52. The van der Waals surface area contributed by atoms with Crippen molar-refractivity contribution in [2.24, 2.45) is 0 Å². The summed E-state index contributed by atoms with van der Waals surface area (Å²) in [5.74, 6) is 0.273. The van der Waals surface area contributed by atoms with Crippen molar-refractivity contribution in [2.75, 3.05) is 32.9 Å². The number of methoxy groups -OCH3 is 1. The number of carbonyl (C=O) groups is 1. The molecule has 0 saturated carbocycles. The van der Waals surface area contributed by atoms with E-state index in [9.17, 15) is 9.59 Å². The fourth-order valence-electron chi connectivity index (χ4n) is 3.42. The number of anilines is 1. The van der Waals surface area contributed by atoms with Crippen molar-refractivity contribution >= 4 is 11.8 Å². The molecule has 0 aromatic carbocycles. The van der Waals surface area contributed by atoms with E-state index in [1.165, 1.54) is 109 Å². The Kier molecular flexibility index (Phi) is 24.2. The van der Waals surface area contributed by atoms with E-state index in [1.807, 2.05) is 0 Å². The molecule has 0 radical (unpaired) electrons. The molecule has 1 fully saturated rings. The van der Waals surface area contributed by atoms with Gasteiger partial charge in [0.05, 0.1) is 20.3 Å². The van der Waals surface area contributed by atoms with E-state index in [1.54, 1.807) is 0 Å². The minimum Gasteiger partial charge on any atom is -0.469 e. The number of H-pyrrole nitrogens is 1. The van der Waals surface area contributed by atoms with Crippen molar-refractivity contribution in [2.45, 2.75) is 110 Å². The first-order valence-electron chi connectivity index (χ1n) is 13.1. The highest BCUT2D eigenvalue weighted by atomic mass is 16.7. The van der Waals surface area contributed by atoms with E-state index >= 15 is 0 Å². The monoisotopic (exact) mass is 483 g/mol. The van der Waals surface area contributed by atoms with Crippen molar-refractivity contribution in [1.29, 1.82) is 0 Å². The number of nitrogen functional groups attached to an aromatic ring is 1. The molecule has 0 amide bonds. The number of nitrogens with one attached hydrogen (secondary N) is 1. The van der Waals surface area contributed by atoms with E-state index in [0.29, 0.717) is 19.0 Å². The summed E-state index contributed by atoms with van der Waals surface area (Å²) in [6.07, 6.45) is 22.3. The number of ether oxygens (including phenoxy) is 3. The molecule has 0 aliphatic carbocycles. The van der Waals surface area contributed by atoms with Gasteiger partial charge in [-0.2, -0.15) is 0 Å². The molecule has 34 heavy (non-hydrogen) atoms. The molecule has 0 spiro atoms. The maximum atomic E-state index is 10.9. The Balaban J connectivity index is 0.000000666. The largest absolute Gasteiger partial charge is 0.469 e. The lowest BCUT2D eigenvalue weighted by atomic mass is 10.0. The molecule has 3 N–H and O–H groups in total. The molecular formula is C26H49N3O5. The predicted molar refractivity (Wildman–Crippen MR) is 138 cm³/mol. The lowest BCUT2D eigenvalue weighted by Crippen LogP contribution is -2.10. The first kappa shape index (κ1) is 32.1. The second kappa shape index (κ2) is 25.7. The smallest absolute Gasteiger partial charge is 0.346 e. The Morgan fingerprint density at radius 2 is 1.38 bits per heavy atom. The molecule has 8 nitrogen and oxygen atoms in total. The standard InChI is InChI=1S/C19H38O2.C4H5N3O.C3H6O2/c1-3-4-5-6-7-8-9-10-11-12-13-14-15-16-17-18-19(20)21-2;5-3-1-2-6-4(8)7-3;1-2-5-3-4-1/h3-18H2,1-2H3;1-2H,(H3,5,6,7,8);1-3H2. The number of hydrogen-bond acceptors (Lipinski definition) is 7. The Morgan fingerprint density at radius 3 is 1.71 bits per heavy atom. The van der Waals surface area contributed by atoms with Crippen molar-refractivity contribution in [1.82, 2.24) is 9.97 Å². The van der Waals surface area contributed by atoms with Gasteiger partial charge in [0.15, 0.2) is 0 Å². The molecule has 1 aliphatic heterocycles. The fraction of sp³-hybridized carbons (Fsp3) is 0.808. The number of unbranched alkanes of at least 4 members (excludes halogenated alkanes) is 14. The normalized spacial score (nSPS) is 12.3. The van der Waals surface area contributed by atoms with Crippen LogP contribution >= 0.6 is 0 Å². The maximum absolute atomic E-state index is 10.9. The Hall–Kier alpha value is -1.93. The van der Waals surface area contributed by atoms with Crippen LogP contribution in [0.25, 0.3) is 0 Å². The summed E-state index contributed by atoms with van der Waals surface area (Å²) in [5.41, 5.74) is 4.75. The van der Waals surface area contributed by atoms with E-state index in [0.717, 1.165) is 19.6 Å². The third kappa shape index (κ3) is 24.7. The molecule has 2 rings (SSSR count). The number of nitrogens with two attached hydrogens (primary N) is 1. The zero-order valence-corrected chi connectivity index (χ0v) is 21.7. The number of hydrogen-bond donors (Lipinski definition) is 2. The first-order chi connectivity index (χ1) is 16.6. The van der Waals surface area contributed by atoms with Crippen molar-refractivity contribution in [3.05, 3.63) is 22.7 Å². The van der Waals surface area contributed by atoms with Crippen LogP contribution < -0.4 is 11.4 Å². The summed E-state index contributed by atoms with van der Waals surface area (Å²) in [7, 11) is 1.47. The molecule has 0 bridgehead atoms. The van der Waals surface area contributed by atoms with Gasteiger partial charge in [0.1, 0.15) is 12.6 Å². The lowest BCUT2D eigenvalue weighted by molar-refractivity contribution is -0.140. The topological polar surface area (TPSA) is 117 Å². The number of esters is 1. The van der Waals surface area contributed by atoms with Crippen LogP contribution in [0.1, 0.15) is 110 Å².